The van der Waals surface area contributed by atoms with Gasteiger partial charge in [0.15, 0.2) is 0 Å². The first-order valence-corrected chi connectivity index (χ1v) is 8.20. The fourth-order valence-corrected chi connectivity index (χ4v) is 2.76. The maximum absolute atomic E-state index is 12.8. The van der Waals surface area contributed by atoms with Gasteiger partial charge in [-0.2, -0.15) is 18.2 Å². The summed E-state index contributed by atoms with van der Waals surface area (Å²) in [5.41, 5.74) is -0.349. The number of hydrogen-bond donors (Lipinski definition) is 1. The normalized spacial score (nSPS) is 16.1. The van der Waals surface area contributed by atoms with Gasteiger partial charge in [-0.3, -0.25) is 0 Å². The van der Waals surface area contributed by atoms with Gasteiger partial charge in [0.2, 0.25) is 5.95 Å². The summed E-state index contributed by atoms with van der Waals surface area (Å²) >= 11 is 0. The molecule has 1 saturated heterocycles. The molecule has 0 unspecified atom stereocenters. The molecule has 1 aromatic carbocycles. The zero-order valence-corrected chi connectivity index (χ0v) is 13.9. The Labute approximate surface area is 144 Å². The third kappa shape index (κ3) is 4.39. The van der Waals surface area contributed by atoms with Crippen molar-refractivity contribution in [2.24, 2.45) is 0 Å². The Kier molecular flexibility index (Phi) is 5.08. The van der Waals surface area contributed by atoms with Crippen molar-refractivity contribution in [2.75, 3.05) is 42.9 Å². The van der Waals surface area contributed by atoms with Crippen LogP contribution in [0.2, 0.25) is 0 Å². The lowest BCUT2D eigenvalue weighted by Crippen LogP contribution is -2.46. The van der Waals surface area contributed by atoms with E-state index in [0.717, 1.165) is 44.9 Å². The van der Waals surface area contributed by atoms with Crippen LogP contribution >= 0.6 is 0 Å². The zero-order chi connectivity index (χ0) is 17.9. The predicted octanol–water partition coefficient (Wildman–Crippen LogP) is 3.38. The van der Waals surface area contributed by atoms with Crippen molar-refractivity contribution in [1.82, 2.24) is 14.9 Å². The molecule has 2 aromatic rings. The van der Waals surface area contributed by atoms with Crippen LogP contribution in [0, 0.1) is 0 Å². The summed E-state index contributed by atoms with van der Waals surface area (Å²) in [5, 5.41) is 2.93. The number of likely N-dealkylation sites (N-methyl/N-ethyl adjacent to an activating group) is 1. The molecule has 2 heterocycles. The number of benzene rings is 1. The molecule has 0 spiro atoms. The average Bonchev–Trinajstić information content (AvgIpc) is 2.61. The van der Waals surface area contributed by atoms with Crippen molar-refractivity contribution in [3.05, 3.63) is 42.1 Å². The van der Waals surface area contributed by atoms with Crippen molar-refractivity contribution in [1.29, 1.82) is 0 Å². The van der Waals surface area contributed by atoms with Gasteiger partial charge in [-0.1, -0.05) is 13.0 Å². The molecule has 1 N–H and O–H groups in total. The van der Waals surface area contributed by atoms with E-state index in [4.69, 9.17) is 0 Å². The molecule has 0 aliphatic carbocycles. The minimum atomic E-state index is -4.37. The topological polar surface area (TPSA) is 44.3 Å². The molecule has 0 bridgehead atoms. The average molecular weight is 351 g/mol. The van der Waals surface area contributed by atoms with Crippen LogP contribution in [0.5, 0.6) is 0 Å². The predicted molar refractivity (Wildman–Crippen MR) is 91.1 cm³/mol. The molecular formula is C17H20F3N5. The largest absolute Gasteiger partial charge is 0.416 e. The first kappa shape index (κ1) is 17.5. The molecule has 1 aliphatic heterocycles. The highest BCUT2D eigenvalue weighted by atomic mass is 19.4. The monoisotopic (exact) mass is 351 g/mol. The highest BCUT2D eigenvalue weighted by Gasteiger charge is 2.30. The molecule has 5 nitrogen and oxygen atoms in total. The van der Waals surface area contributed by atoms with Crippen LogP contribution in [0.15, 0.2) is 36.5 Å². The summed E-state index contributed by atoms with van der Waals surface area (Å²) in [4.78, 5) is 13.2. The van der Waals surface area contributed by atoms with E-state index >= 15 is 0 Å². The Morgan fingerprint density at radius 2 is 1.88 bits per heavy atom. The van der Waals surface area contributed by atoms with Gasteiger partial charge in [0.1, 0.15) is 5.82 Å². The SMILES string of the molecule is CCN1CCN(c2nccc(Nc3cccc(C(F)(F)F)c3)n2)CC1. The van der Waals surface area contributed by atoms with Gasteiger partial charge in [0.05, 0.1) is 5.56 Å². The van der Waals surface area contributed by atoms with Crippen molar-refractivity contribution >= 4 is 17.5 Å². The molecule has 8 heteroatoms. The third-order valence-corrected chi connectivity index (χ3v) is 4.21. The van der Waals surface area contributed by atoms with Crippen molar-refractivity contribution in [3.63, 3.8) is 0 Å². The Morgan fingerprint density at radius 3 is 2.56 bits per heavy atom. The molecule has 1 fully saturated rings. The summed E-state index contributed by atoms with van der Waals surface area (Å²) < 4.78 is 38.4. The fourth-order valence-electron chi connectivity index (χ4n) is 2.76. The second-order valence-electron chi connectivity index (χ2n) is 5.87. The maximum atomic E-state index is 12.8. The molecule has 0 atom stereocenters. The van der Waals surface area contributed by atoms with Crippen molar-refractivity contribution < 1.29 is 13.2 Å². The lowest BCUT2D eigenvalue weighted by Gasteiger charge is -2.34. The molecule has 0 amide bonds. The number of nitrogens with one attached hydrogen (secondary N) is 1. The van der Waals surface area contributed by atoms with E-state index in [-0.39, 0.29) is 0 Å². The summed E-state index contributed by atoms with van der Waals surface area (Å²) in [7, 11) is 0. The molecule has 0 saturated carbocycles. The molecule has 1 aromatic heterocycles. The summed E-state index contributed by atoms with van der Waals surface area (Å²) in [6.45, 7) is 6.72. The standard InChI is InChI=1S/C17H20F3N5/c1-2-24-8-10-25(11-9-24)16-21-7-6-15(23-16)22-14-5-3-4-13(12-14)17(18,19)20/h3-7,12H,2,8-11H2,1H3,(H,21,22,23). The molecule has 134 valence electrons. The van der Waals surface area contributed by atoms with Crippen molar-refractivity contribution in [2.45, 2.75) is 13.1 Å². The minimum Gasteiger partial charge on any atom is -0.340 e. The minimum absolute atomic E-state index is 0.343. The Balaban J connectivity index is 1.72. The molecule has 1 aliphatic rings. The number of anilines is 3. The Morgan fingerprint density at radius 1 is 1.12 bits per heavy atom. The van der Waals surface area contributed by atoms with Gasteiger partial charge in [0, 0.05) is 38.1 Å². The number of alkyl halides is 3. The second-order valence-corrected chi connectivity index (χ2v) is 5.87. The van der Waals surface area contributed by atoms with E-state index in [2.05, 4.69) is 32.0 Å². The van der Waals surface area contributed by atoms with E-state index in [1.807, 2.05) is 0 Å². The summed E-state index contributed by atoms with van der Waals surface area (Å²) in [6, 6.07) is 6.71. The van der Waals surface area contributed by atoms with Crippen LogP contribution in [0.25, 0.3) is 0 Å². The van der Waals surface area contributed by atoms with Gasteiger partial charge >= 0.3 is 6.18 Å². The highest BCUT2D eigenvalue weighted by Crippen LogP contribution is 2.31. The first-order chi connectivity index (χ1) is 12.0. The van der Waals surface area contributed by atoms with E-state index in [1.54, 1.807) is 18.3 Å². The fraction of sp³-hybridized carbons (Fsp3) is 0.412. The van der Waals surface area contributed by atoms with Gasteiger partial charge in [0.25, 0.3) is 0 Å². The maximum Gasteiger partial charge on any atom is 0.416 e. The van der Waals surface area contributed by atoms with E-state index < -0.39 is 11.7 Å². The molecular weight excluding hydrogens is 331 g/mol. The van der Waals surface area contributed by atoms with Crippen LogP contribution in [0.3, 0.4) is 0 Å². The second kappa shape index (κ2) is 7.26. The van der Waals surface area contributed by atoms with Gasteiger partial charge in [-0.25, -0.2) is 4.98 Å². The zero-order valence-electron chi connectivity index (χ0n) is 13.9. The van der Waals surface area contributed by atoms with Gasteiger partial charge in [-0.05, 0) is 30.8 Å². The number of aromatic nitrogens is 2. The van der Waals surface area contributed by atoms with E-state index in [1.165, 1.54) is 6.07 Å². The number of halogens is 3. The molecule has 25 heavy (non-hydrogen) atoms. The van der Waals surface area contributed by atoms with Crippen LogP contribution < -0.4 is 10.2 Å². The van der Waals surface area contributed by atoms with E-state index in [9.17, 15) is 13.2 Å². The number of rotatable bonds is 4. The number of nitrogens with zero attached hydrogens (tertiary/aromatic N) is 4. The molecule has 0 radical (unpaired) electrons. The highest BCUT2D eigenvalue weighted by molar-refractivity contribution is 5.58. The lowest BCUT2D eigenvalue weighted by molar-refractivity contribution is -0.137. The lowest BCUT2D eigenvalue weighted by atomic mass is 10.2. The van der Waals surface area contributed by atoms with Gasteiger partial charge in [-0.15, -0.1) is 0 Å². The van der Waals surface area contributed by atoms with Crippen LogP contribution in [0.4, 0.5) is 30.6 Å². The van der Waals surface area contributed by atoms with Crippen molar-refractivity contribution in [3.8, 4) is 0 Å². The summed E-state index contributed by atoms with van der Waals surface area (Å²) in [5.74, 6) is 1.06. The van der Waals surface area contributed by atoms with Gasteiger partial charge < -0.3 is 15.1 Å². The number of hydrogen-bond acceptors (Lipinski definition) is 5. The quantitative estimate of drug-likeness (QED) is 0.915. The summed E-state index contributed by atoms with van der Waals surface area (Å²) in [6.07, 6.45) is -2.75. The van der Waals surface area contributed by atoms with Crippen LogP contribution in [-0.2, 0) is 6.18 Å². The van der Waals surface area contributed by atoms with Crippen LogP contribution in [0.1, 0.15) is 12.5 Å². The third-order valence-electron chi connectivity index (χ3n) is 4.21. The molecule has 3 rings (SSSR count). The van der Waals surface area contributed by atoms with E-state index in [0.29, 0.717) is 17.5 Å². The Hall–Kier alpha value is -2.35. The Bertz CT molecular complexity index is 711. The number of piperazine rings is 1. The first-order valence-electron chi connectivity index (χ1n) is 8.20. The van der Waals surface area contributed by atoms with Crippen LogP contribution in [-0.4, -0.2) is 47.6 Å². The smallest absolute Gasteiger partial charge is 0.340 e.